The number of nitrogens with zero attached hydrogens (tertiary/aromatic N) is 1. The summed E-state index contributed by atoms with van der Waals surface area (Å²) in [4.78, 5) is 2.15. The predicted octanol–water partition coefficient (Wildman–Crippen LogP) is 7.11. The second-order valence-electron chi connectivity index (χ2n) is 6.30. The van der Waals surface area contributed by atoms with E-state index in [9.17, 15) is 0 Å². The Morgan fingerprint density at radius 3 is 1.85 bits per heavy atom. The van der Waals surface area contributed by atoms with E-state index in [0.717, 1.165) is 16.8 Å². The van der Waals surface area contributed by atoms with Gasteiger partial charge in [-0.15, -0.1) is 0 Å². The van der Waals surface area contributed by atoms with Crippen LogP contribution in [0.5, 0.6) is 0 Å². The molecule has 0 aromatic heterocycles. The van der Waals surface area contributed by atoms with Crippen LogP contribution in [0, 0.1) is 6.92 Å². The van der Waals surface area contributed by atoms with E-state index in [1.54, 1.807) is 0 Å². The number of rotatable bonds is 5. The van der Waals surface area contributed by atoms with E-state index in [1.807, 2.05) is 79.7 Å². The van der Waals surface area contributed by atoms with Crippen molar-refractivity contribution in [3.63, 3.8) is 0 Å². The minimum Gasteiger partial charge on any atom is -0.356 e. The standard InChI is InChI=1S/C22H20Cl3N/c1-17-12-14-19(15-13-17)21(22(23,24)25)26(20-10-6-3-7-11-20)16-18-8-4-2-5-9-18/h2-15,21H,16H2,1H3. The van der Waals surface area contributed by atoms with Gasteiger partial charge in [-0.1, -0.05) is 113 Å². The molecule has 0 spiro atoms. The van der Waals surface area contributed by atoms with E-state index < -0.39 is 9.83 Å². The molecule has 3 aromatic carbocycles. The quantitative estimate of drug-likeness (QED) is 0.409. The lowest BCUT2D eigenvalue weighted by atomic mass is 10.0. The summed E-state index contributed by atoms with van der Waals surface area (Å²) in [7, 11) is 0. The number of hydrogen-bond acceptors (Lipinski definition) is 1. The molecule has 0 saturated carbocycles. The Labute approximate surface area is 170 Å². The van der Waals surface area contributed by atoms with Gasteiger partial charge in [-0.3, -0.25) is 0 Å². The molecule has 3 aromatic rings. The Morgan fingerprint density at radius 2 is 1.31 bits per heavy atom. The van der Waals surface area contributed by atoms with Crippen molar-refractivity contribution in [2.45, 2.75) is 23.3 Å². The summed E-state index contributed by atoms with van der Waals surface area (Å²) >= 11 is 19.4. The Hall–Kier alpha value is -1.67. The smallest absolute Gasteiger partial charge is 0.214 e. The van der Waals surface area contributed by atoms with Gasteiger partial charge in [0, 0.05) is 12.2 Å². The first-order valence-electron chi connectivity index (χ1n) is 8.44. The van der Waals surface area contributed by atoms with Gasteiger partial charge in [-0.25, -0.2) is 0 Å². The lowest BCUT2D eigenvalue weighted by Gasteiger charge is -2.38. The molecule has 0 aliphatic heterocycles. The molecule has 0 aliphatic carbocycles. The fourth-order valence-corrected chi connectivity index (χ4v) is 3.76. The summed E-state index contributed by atoms with van der Waals surface area (Å²) < 4.78 is -1.49. The highest BCUT2D eigenvalue weighted by Crippen LogP contribution is 2.46. The minimum atomic E-state index is -1.49. The van der Waals surface area contributed by atoms with Crippen LogP contribution in [0.3, 0.4) is 0 Å². The van der Waals surface area contributed by atoms with Crippen molar-refractivity contribution in [1.29, 1.82) is 0 Å². The zero-order valence-electron chi connectivity index (χ0n) is 14.4. The second kappa shape index (κ2) is 8.35. The van der Waals surface area contributed by atoms with E-state index in [1.165, 1.54) is 5.56 Å². The number of anilines is 1. The van der Waals surface area contributed by atoms with E-state index in [4.69, 9.17) is 34.8 Å². The van der Waals surface area contributed by atoms with E-state index in [2.05, 4.69) is 17.0 Å². The Morgan fingerprint density at radius 1 is 0.769 bits per heavy atom. The van der Waals surface area contributed by atoms with Crippen molar-refractivity contribution in [1.82, 2.24) is 0 Å². The van der Waals surface area contributed by atoms with Crippen molar-refractivity contribution in [3.8, 4) is 0 Å². The van der Waals surface area contributed by atoms with Crippen LogP contribution in [-0.2, 0) is 6.54 Å². The van der Waals surface area contributed by atoms with E-state index >= 15 is 0 Å². The van der Waals surface area contributed by atoms with Gasteiger partial charge in [0.2, 0.25) is 3.79 Å². The minimum absolute atomic E-state index is 0.421. The SMILES string of the molecule is Cc1ccc(C(N(Cc2ccccc2)c2ccccc2)C(Cl)(Cl)Cl)cc1. The van der Waals surface area contributed by atoms with Crippen LogP contribution in [0.15, 0.2) is 84.9 Å². The Kier molecular flexibility index (Phi) is 6.13. The molecule has 0 saturated heterocycles. The predicted molar refractivity (Wildman–Crippen MR) is 113 cm³/mol. The molecule has 0 bridgehead atoms. The second-order valence-corrected chi connectivity index (χ2v) is 8.67. The van der Waals surface area contributed by atoms with Crippen LogP contribution < -0.4 is 4.90 Å². The van der Waals surface area contributed by atoms with Gasteiger partial charge in [-0.2, -0.15) is 0 Å². The van der Waals surface area contributed by atoms with Crippen LogP contribution >= 0.6 is 34.8 Å². The number of aryl methyl sites for hydroxylation is 1. The van der Waals surface area contributed by atoms with Crippen LogP contribution in [0.25, 0.3) is 0 Å². The third-order valence-corrected chi connectivity index (χ3v) is 4.92. The summed E-state index contributed by atoms with van der Waals surface area (Å²) in [6.07, 6.45) is 0. The third-order valence-electron chi connectivity index (χ3n) is 4.30. The van der Waals surface area contributed by atoms with Gasteiger partial charge in [0.1, 0.15) is 6.04 Å². The van der Waals surface area contributed by atoms with Crippen molar-refractivity contribution in [3.05, 3.63) is 102 Å². The van der Waals surface area contributed by atoms with Crippen LogP contribution in [0.1, 0.15) is 22.7 Å². The summed E-state index contributed by atoms with van der Waals surface area (Å²) in [6, 6.07) is 28.0. The summed E-state index contributed by atoms with van der Waals surface area (Å²) in [5.41, 5.74) is 4.30. The van der Waals surface area contributed by atoms with Gasteiger partial charge in [0.25, 0.3) is 0 Å². The maximum absolute atomic E-state index is 6.47. The molecule has 26 heavy (non-hydrogen) atoms. The summed E-state index contributed by atoms with van der Waals surface area (Å²) in [6.45, 7) is 2.68. The van der Waals surface area contributed by atoms with Gasteiger partial charge >= 0.3 is 0 Å². The first-order valence-corrected chi connectivity index (χ1v) is 9.57. The monoisotopic (exact) mass is 403 g/mol. The molecule has 0 aliphatic rings. The normalized spacial score (nSPS) is 12.6. The topological polar surface area (TPSA) is 3.24 Å². The molecule has 0 amide bonds. The van der Waals surface area contributed by atoms with Gasteiger partial charge in [0.15, 0.2) is 0 Å². The van der Waals surface area contributed by atoms with Crippen molar-refractivity contribution < 1.29 is 0 Å². The average Bonchev–Trinajstić information content (AvgIpc) is 2.63. The van der Waals surface area contributed by atoms with Gasteiger partial charge in [-0.05, 0) is 30.2 Å². The molecule has 1 nitrogen and oxygen atoms in total. The summed E-state index contributed by atoms with van der Waals surface area (Å²) in [5.74, 6) is 0. The summed E-state index contributed by atoms with van der Waals surface area (Å²) in [5, 5.41) is 0. The van der Waals surface area contributed by atoms with E-state index in [0.29, 0.717) is 6.54 Å². The molecule has 134 valence electrons. The highest BCUT2D eigenvalue weighted by molar-refractivity contribution is 6.68. The maximum atomic E-state index is 6.47. The number of para-hydroxylation sites is 1. The van der Waals surface area contributed by atoms with Crippen molar-refractivity contribution in [2.24, 2.45) is 0 Å². The Bertz CT molecular complexity index is 812. The molecule has 0 N–H and O–H groups in total. The lowest BCUT2D eigenvalue weighted by Crippen LogP contribution is -2.36. The van der Waals surface area contributed by atoms with E-state index in [-0.39, 0.29) is 0 Å². The molecule has 3 rings (SSSR count). The molecule has 1 unspecified atom stereocenters. The Balaban J connectivity index is 2.08. The molecule has 0 heterocycles. The molecule has 0 fully saturated rings. The fourth-order valence-electron chi connectivity index (χ4n) is 3.03. The van der Waals surface area contributed by atoms with Crippen LogP contribution in [0.2, 0.25) is 0 Å². The molecule has 1 atom stereocenters. The zero-order chi connectivity index (χ0) is 18.6. The van der Waals surface area contributed by atoms with Gasteiger partial charge in [0.05, 0.1) is 0 Å². The van der Waals surface area contributed by atoms with Crippen molar-refractivity contribution in [2.75, 3.05) is 4.90 Å². The first-order chi connectivity index (χ1) is 12.4. The highest BCUT2D eigenvalue weighted by atomic mass is 35.6. The molecule has 4 heteroatoms. The largest absolute Gasteiger partial charge is 0.356 e. The fraction of sp³-hybridized carbons (Fsp3) is 0.182. The molecular formula is C22H20Cl3N. The van der Waals surface area contributed by atoms with Crippen molar-refractivity contribution >= 4 is 40.5 Å². The number of hydrogen-bond donors (Lipinski definition) is 0. The highest BCUT2D eigenvalue weighted by Gasteiger charge is 2.38. The number of halogens is 3. The van der Waals surface area contributed by atoms with Gasteiger partial charge < -0.3 is 4.90 Å². The first kappa shape index (κ1) is 19.1. The average molecular weight is 405 g/mol. The molecule has 0 radical (unpaired) electrons. The number of benzene rings is 3. The lowest BCUT2D eigenvalue weighted by molar-refractivity contribution is 0.629. The molecular weight excluding hydrogens is 385 g/mol. The van der Waals surface area contributed by atoms with Crippen LogP contribution in [0.4, 0.5) is 5.69 Å². The maximum Gasteiger partial charge on any atom is 0.214 e. The van der Waals surface area contributed by atoms with Crippen LogP contribution in [-0.4, -0.2) is 3.79 Å². The zero-order valence-corrected chi connectivity index (χ0v) is 16.7. The number of alkyl halides is 3. The third kappa shape index (κ3) is 4.73.